The van der Waals surface area contributed by atoms with Crippen molar-refractivity contribution in [1.29, 1.82) is 0 Å². The van der Waals surface area contributed by atoms with Crippen molar-refractivity contribution in [2.75, 3.05) is 6.54 Å². The summed E-state index contributed by atoms with van der Waals surface area (Å²) in [6.07, 6.45) is -3.16. The highest BCUT2D eigenvalue weighted by atomic mass is 35.5. The fourth-order valence-electron chi connectivity index (χ4n) is 1.13. The fraction of sp³-hybridized carbons (Fsp3) is 0.273. The zero-order valence-corrected chi connectivity index (χ0v) is 10.5. The lowest BCUT2D eigenvalue weighted by molar-refractivity contribution is -0.235. The lowest BCUT2D eigenvalue weighted by Gasteiger charge is -2.25. The summed E-state index contributed by atoms with van der Waals surface area (Å²) >= 11 is 11.4. The molecule has 0 saturated carbocycles. The lowest BCUT2D eigenvalue weighted by atomic mass is 10.0. The fourth-order valence-corrected chi connectivity index (χ4v) is 1.43. The first-order valence-electron chi connectivity index (χ1n) is 4.83. The first-order chi connectivity index (χ1) is 8.19. The van der Waals surface area contributed by atoms with Crippen LogP contribution < -0.4 is 5.73 Å². The standard InChI is InChI=1S/C11H10Cl2F3NO/c12-8-2-1-7(5-9(8)13)3-4-10(18,6-17)11(14,15)16/h1-5,18H,6,17H2/b4-3+. The molecule has 1 aromatic carbocycles. The van der Waals surface area contributed by atoms with Crippen molar-refractivity contribution >= 4 is 29.3 Å². The Morgan fingerprint density at radius 3 is 2.28 bits per heavy atom. The predicted octanol–water partition coefficient (Wildman–Crippen LogP) is 3.26. The van der Waals surface area contributed by atoms with Crippen molar-refractivity contribution in [3.8, 4) is 0 Å². The molecular formula is C11H10Cl2F3NO. The molecule has 0 bridgehead atoms. The molecule has 7 heteroatoms. The van der Waals surface area contributed by atoms with Gasteiger partial charge in [-0.05, 0) is 23.8 Å². The molecule has 0 aromatic heterocycles. The average molecular weight is 300 g/mol. The Morgan fingerprint density at radius 2 is 1.83 bits per heavy atom. The summed E-state index contributed by atoms with van der Waals surface area (Å²) in [6, 6.07) is 4.30. The highest BCUT2D eigenvalue weighted by Gasteiger charge is 2.50. The van der Waals surface area contributed by atoms with E-state index in [0.717, 1.165) is 6.08 Å². The molecule has 1 rings (SSSR count). The van der Waals surface area contributed by atoms with E-state index in [1.807, 2.05) is 0 Å². The van der Waals surface area contributed by atoms with Crippen LogP contribution in [0.1, 0.15) is 5.56 Å². The quantitative estimate of drug-likeness (QED) is 0.900. The normalized spacial score (nSPS) is 15.9. The molecule has 0 amide bonds. The Bertz CT molecular complexity index is 462. The van der Waals surface area contributed by atoms with Gasteiger partial charge in [-0.1, -0.05) is 35.3 Å². The monoisotopic (exact) mass is 299 g/mol. The molecule has 1 atom stereocenters. The van der Waals surface area contributed by atoms with E-state index < -0.39 is 18.3 Å². The average Bonchev–Trinajstić information content (AvgIpc) is 2.28. The van der Waals surface area contributed by atoms with Gasteiger partial charge in [0.1, 0.15) is 0 Å². The maximum atomic E-state index is 12.5. The molecule has 0 aliphatic carbocycles. The smallest absolute Gasteiger partial charge is 0.376 e. The van der Waals surface area contributed by atoms with Gasteiger partial charge >= 0.3 is 6.18 Å². The van der Waals surface area contributed by atoms with Gasteiger partial charge in [0, 0.05) is 6.54 Å². The molecule has 1 aromatic rings. The Kier molecular flexibility index (Phi) is 4.66. The highest BCUT2D eigenvalue weighted by molar-refractivity contribution is 6.42. The van der Waals surface area contributed by atoms with Crippen molar-refractivity contribution in [3.63, 3.8) is 0 Å². The minimum Gasteiger partial charge on any atom is -0.376 e. The minimum absolute atomic E-state index is 0.210. The van der Waals surface area contributed by atoms with Crippen LogP contribution in [0.5, 0.6) is 0 Å². The van der Waals surface area contributed by atoms with Gasteiger partial charge in [0.15, 0.2) is 5.60 Å². The lowest BCUT2D eigenvalue weighted by Crippen LogP contribution is -2.49. The van der Waals surface area contributed by atoms with Crippen LogP contribution in [0.25, 0.3) is 6.08 Å². The van der Waals surface area contributed by atoms with Crippen molar-refractivity contribution < 1.29 is 18.3 Å². The molecule has 0 aliphatic heterocycles. The number of rotatable bonds is 3. The topological polar surface area (TPSA) is 46.2 Å². The van der Waals surface area contributed by atoms with E-state index in [0.29, 0.717) is 16.7 Å². The number of aliphatic hydroxyl groups is 1. The maximum Gasteiger partial charge on any atom is 0.422 e. The number of nitrogens with two attached hydrogens (primary N) is 1. The van der Waals surface area contributed by atoms with E-state index in [2.05, 4.69) is 0 Å². The van der Waals surface area contributed by atoms with Crippen LogP contribution in [0.4, 0.5) is 13.2 Å². The van der Waals surface area contributed by atoms with Crippen LogP contribution in [0.3, 0.4) is 0 Å². The summed E-state index contributed by atoms with van der Waals surface area (Å²) in [5.41, 5.74) is 2.26. The molecule has 100 valence electrons. The first kappa shape index (κ1) is 15.3. The Labute approximate surface area is 112 Å². The van der Waals surface area contributed by atoms with E-state index in [1.54, 1.807) is 0 Å². The SMILES string of the molecule is NCC(O)(/C=C/c1ccc(Cl)c(Cl)c1)C(F)(F)F. The second kappa shape index (κ2) is 5.48. The molecule has 0 heterocycles. The predicted molar refractivity (Wildman–Crippen MR) is 65.6 cm³/mol. The first-order valence-corrected chi connectivity index (χ1v) is 5.58. The summed E-state index contributed by atoms with van der Waals surface area (Å²) < 4.78 is 37.6. The van der Waals surface area contributed by atoms with Gasteiger partial charge in [-0.25, -0.2) is 0 Å². The maximum absolute atomic E-state index is 12.5. The molecule has 0 radical (unpaired) electrons. The van der Waals surface area contributed by atoms with E-state index in [1.165, 1.54) is 18.2 Å². The summed E-state index contributed by atoms with van der Waals surface area (Å²) in [6.45, 7) is -0.964. The van der Waals surface area contributed by atoms with Crippen molar-refractivity contribution in [2.24, 2.45) is 5.73 Å². The number of hydrogen-bond donors (Lipinski definition) is 2. The Morgan fingerprint density at radius 1 is 1.22 bits per heavy atom. The zero-order valence-electron chi connectivity index (χ0n) is 9.01. The molecule has 18 heavy (non-hydrogen) atoms. The number of alkyl halides is 3. The Balaban J connectivity index is 3.01. The number of halogens is 5. The van der Waals surface area contributed by atoms with Crippen LogP contribution in [-0.4, -0.2) is 23.4 Å². The second-order valence-corrected chi connectivity index (χ2v) is 4.45. The van der Waals surface area contributed by atoms with Crippen molar-refractivity contribution in [1.82, 2.24) is 0 Å². The molecule has 1 unspecified atom stereocenters. The van der Waals surface area contributed by atoms with E-state index >= 15 is 0 Å². The van der Waals surface area contributed by atoms with Crippen molar-refractivity contribution in [2.45, 2.75) is 11.8 Å². The van der Waals surface area contributed by atoms with Gasteiger partial charge in [0.25, 0.3) is 0 Å². The van der Waals surface area contributed by atoms with E-state index in [9.17, 15) is 18.3 Å². The third-order valence-electron chi connectivity index (χ3n) is 2.30. The molecular weight excluding hydrogens is 290 g/mol. The van der Waals surface area contributed by atoms with Gasteiger partial charge in [0.2, 0.25) is 0 Å². The third kappa shape index (κ3) is 3.38. The molecule has 3 N–H and O–H groups in total. The Hall–Kier alpha value is -0.750. The van der Waals surface area contributed by atoms with Gasteiger partial charge in [-0.3, -0.25) is 0 Å². The zero-order chi connectivity index (χ0) is 14.0. The van der Waals surface area contributed by atoms with Crippen LogP contribution in [0.2, 0.25) is 10.0 Å². The van der Waals surface area contributed by atoms with Gasteiger partial charge in [0.05, 0.1) is 10.0 Å². The molecule has 0 aliphatic rings. The molecule has 0 spiro atoms. The summed E-state index contributed by atoms with van der Waals surface area (Å²) in [4.78, 5) is 0. The minimum atomic E-state index is -4.84. The second-order valence-electron chi connectivity index (χ2n) is 3.63. The third-order valence-corrected chi connectivity index (χ3v) is 3.04. The molecule has 0 fully saturated rings. The number of hydrogen-bond acceptors (Lipinski definition) is 2. The van der Waals surface area contributed by atoms with Crippen LogP contribution in [0, 0.1) is 0 Å². The summed E-state index contributed by atoms with van der Waals surface area (Å²) in [5, 5.41) is 9.85. The van der Waals surface area contributed by atoms with Gasteiger partial charge in [-0.15, -0.1) is 0 Å². The van der Waals surface area contributed by atoms with Crippen LogP contribution in [-0.2, 0) is 0 Å². The summed E-state index contributed by atoms with van der Waals surface area (Å²) in [5.74, 6) is 0. The van der Waals surface area contributed by atoms with E-state index in [-0.39, 0.29) is 5.02 Å². The van der Waals surface area contributed by atoms with Gasteiger partial charge in [-0.2, -0.15) is 13.2 Å². The molecule has 2 nitrogen and oxygen atoms in total. The van der Waals surface area contributed by atoms with Gasteiger partial charge < -0.3 is 10.8 Å². The van der Waals surface area contributed by atoms with Crippen LogP contribution in [0.15, 0.2) is 24.3 Å². The van der Waals surface area contributed by atoms with Crippen LogP contribution >= 0.6 is 23.2 Å². The largest absolute Gasteiger partial charge is 0.422 e. The van der Waals surface area contributed by atoms with E-state index in [4.69, 9.17) is 28.9 Å². The van der Waals surface area contributed by atoms with Crippen molar-refractivity contribution in [3.05, 3.63) is 39.9 Å². The number of benzene rings is 1. The molecule has 0 saturated heterocycles. The summed E-state index contributed by atoms with van der Waals surface area (Å²) in [7, 11) is 0. The highest BCUT2D eigenvalue weighted by Crippen LogP contribution is 2.31.